The van der Waals surface area contributed by atoms with Gasteiger partial charge in [0.1, 0.15) is 0 Å². The highest BCUT2D eigenvalue weighted by molar-refractivity contribution is 6.10. The number of hydrogen-bond donors (Lipinski definition) is 1. The minimum absolute atomic E-state index is 0.108. The summed E-state index contributed by atoms with van der Waals surface area (Å²) in [6.07, 6.45) is 1.83. The number of carbonyl (C=O) groups is 2. The van der Waals surface area contributed by atoms with E-state index in [-0.39, 0.29) is 17.7 Å². The number of benzene rings is 2. The van der Waals surface area contributed by atoms with Gasteiger partial charge >= 0.3 is 0 Å². The number of amides is 1. The van der Waals surface area contributed by atoms with Gasteiger partial charge in [0.05, 0.1) is 25.8 Å². The van der Waals surface area contributed by atoms with E-state index in [2.05, 4.69) is 14.8 Å². The number of fused-ring (bicyclic) bond motifs is 1. The summed E-state index contributed by atoms with van der Waals surface area (Å²) in [6.45, 7) is 6.03. The van der Waals surface area contributed by atoms with Crippen molar-refractivity contribution in [3.63, 3.8) is 0 Å². The van der Waals surface area contributed by atoms with Crippen LogP contribution in [0.5, 0.6) is 0 Å². The highest BCUT2D eigenvalue weighted by Crippen LogP contribution is 2.29. The second-order valence-electron chi connectivity index (χ2n) is 8.73. The molecule has 1 atom stereocenters. The number of aromatic amines is 1. The SMILES string of the molecule is O=C(c1c[nH]c2ccccc12)[C@H](c1ccccc1)N1CCN(CC(=O)N2CCOCC2)CC1. The Labute approximate surface area is 193 Å². The van der Waals surface area contributed by atoms with Crippen molar-refractivity contribution in [2.75, 3.05) is 59.0 Å². The number of carbonyl (C=O) groups excluding carboxylic acids is 2. The topological polar surface area (TPSA) is 68.9 Å². The van der Waals surface area contributed by atoms with E-state index in [4.69, 9.17) is 4.74 Å². The van der Waals surface area contributed by atoms with Gasteiger partial charge in [0.15, 0.2) is 5.78 Å². The molecule has 1 N–H and O–H groups in total. The number of morpholine rings is 1. The third-order valence-corrected chi connectivity index (χ3v) is 6.71. The Morgan fingerprint density at radius 1 is 0.879 bits per heavy atom. The molecule has 3 aromatic rings. The molecule has 1 aromatic heterocycles. The van der Waals surface area contributed by atoms with Crippen LogP contribution in [0, 0.1) is 0 Å². The van der Waals surface area contributed by atoms with Gasteiger partial charge in [-0.25, -0.2) is 0 Å². The lowest BCUT2D eigenvalue weighted by Gasteiger charge is -2.39. The predicted molar refractivity (Wildman–Crippen MR) is 127 cm³/mol. The zero-order valence-electron chi connectivity index (χ0n) is 18.8. The summed E-state index contributed by atoms with van der Waals surface area (Å²) in [7, 11) is 0. The molecule has 2 fully saturated rings. The van der Waals surface area contributed by atoms with Crippen molar-refractivity contribution < 1.29 is 14.3 Å². The first kappa shape index (κ1) is 21.8. The van der Waals surface area contributed by atoms with E-state index < -0.39 is 0 Å². The molecule has 33 heavy (non-hydrogen) atoms. The second-order valence-corrected chi connectivity index (χ2v) is 8.73. The molecule has 0 saturated carbocycles. The van der Waals surface area contributed by atoms with E-state index in [0.29, 0.717) is 32.8 Å². The number of aromatic nitrogens is 1. The number of Topliss-reactive ketones (excluding diaryl/α,β-unsaturated/α-hetero) is 1. The lowest BCUT2D eigenvalue weighted by Crippen LogP contribution is -2.52. The summed E-state index contributed by atoms with van der Waals surface area (Å²) >= 11 is 0. The van der Waals surface area contributed by atoms with Crippen molar-refractivity contribution in [3.05, 3.63) is 71.9 Å². The number of nitrogens with zero attached hydrogens (tertiary/aromatic N) is 3. The molecule has 0 unspecified atom stereocenters. The zero-order valence-corrected chi connectivity index (χ0v) is 18.8. The van der Waals surface area contributed by atoms with E-state index in [1.54, 1.807) is 0 Å². The first-order valence-corrected chi connectivity index (χ1v) is 11.7. The lowest BCUT2D eigenvalue weighted by atomic mass is 9.95. The maximum atomic E-state index is 13.8. The van der Waals surface area contributed by atoms with E-state index in [9.17, 15) is 9.59 Å². The molecule has 2 saturated heterocycles. The molecule has 0 spiro atoms. The van der Waals surface area contributed by atoms with Crippen LogP contribution >= 0.6 is 0 Å². The summed E-state index contributed by atoms with van der Waals surface area (Å²) in [5.41, 5.74) is 2.70. The fourth-order valence-electron chi connectivity index (χ4n) is 4.87. The number of hydrogen-bond acceptors (Lipinski definition) is 5. The van der Waals surface area contributed by atoms with Crippen molar-refractivity contribution in [1.29, 1.82) is 0 Å². The Morgan fingerprint density at radius 3 is 2.33 bits per heavy atom. The van der Waals surface area contributed by atoms with Crippen LogP contribution in [0.1, 0.15) is 22.0 Å². The Balaban J connectivity index is 1.31. The van der Waals surface area contributed by atoms with Crippen LogP contribution in [0.25, 0.3) is 10.9 Å². The van der Waals surface area contributed by atoms with Crippen molar-refractivity contribution in [2.45, 2.75) is 6.04 Å². The summed E-state index contributed by atoms with van der Waals surface area (Å²) in [6, 6.07) is 17.6. The number of H-pyrrole nitrogens is 1. The lowest BCUT2D eigenvalue weighted by molar-refractivity contribution is -0.137. The van der Waals surface area contributed by atoms with Gasteiger partial charge in [-0.15, -0.1) is 0 Å². The number of para-hydroxylation sites is 1. The quantitative estimate of drug-likeness (QED) is 0.590. The number of ether oxygens (including phenoxy) is 1. The van der Waals surface area contributed by atoms with Gasteiger partial charge in [-0.3, -0.25) is 19.4 Å². The Kier molecular flexibility index (Phi) is 6.53. The molecule has 3 heterocycles. The standard InChI is InChI=1S/C26H30N4O3/c31-24(29-14-16-33-17-15-29)19-28-10-12-30(13-11-28)25(20-6-2-1-3-7-20)26(32)22-18-27-23-9-5-4-8-21(22)23/h1-9,18,25,27H,10-17,19H2/t25-/m0/s1. The molecule has 0 bridgehead atoms. The van der Waals surface area contributed by atoms with Crippen LogP contribution in [0.2, 0.25) is 0 Å². The van der Waals surface area contributed by atoms with Gasteiger partial charge in [-0.1, -0.05) is 48.5 Å². The largest absolute Gasteiger partial charge is 0.378 e. The van der Waals surface area contributed by atoms with Gasteiger partial charge in [0.25, 0.3) is 0 Å². The molecule has 0 aliphatic carbocycles. The van der Waals surface area contributed by atoms with Gasteiger partial charge < -0.3 is 14.6 Å². The second kappa shape index (κ2) is 9.87. The zero-order chi connectivity index (χ0) is 22.6. The van der Waals surface area contributed by atoms with E-state index in [1.165, 1.54) is 0 Å². The van der Waals surface area contributed by atoms with Crippen molar-refractivity contribution >= 4 is 22.6 Å². The normalized spacial score (nSPS) is 19.0. The molecule has 7 heteroatoms. The van der Waals surface area contributed by atoms with Gasteiger partial charge in [-0.2, -0.15) is 0 Å². The van der Waals surface area contributed by atoms with E-state index in [1.807, 2.05) is 65.7 Å². The minimum Gasteiger partial charge on any atom is -0.378 e. The predicted octanol–water partition coefficient (Wildman–Crippen LogP) is 2.57. The fourth-order valence-corrected chi connectivity index (χ4v) is 4.87. The van der Waals surface area contributed by atoms with Crippen molar-refractivity contribution in [2.24, 2.45) is 0 Å². The van der Waals surface area contributed by atoms with E-state index >= 15 is 0 Å². The van der Waals surface area contributed by atoms with Crippen LogP contribution in [0.3, 0.4) is 0 Å². The highest BCUT2D eigenvalue weighted by Gasteiger charge is 2.33. The summed E-state index contributed by atoms with van der Waals surface area (Å²) in [5, 5.41) is 0.957. The minimum atomic E-state index is -0.345. The molecular weight excluding hydrogens is 416 g/mol. The third kappa shape index (κ3) is 4.71. The number of ketones is 1. The summed E-state index contributed by atoms with van der Waals surface area (Å²) in [5.74, 6) is 0.276. The molecule has 5 rings (SSSR count). The Morgan fingerprint density at radius 2 is 1.58 bits per heavy atom. The van der Waals surface area contributed by atoms with Crippen molar-refractivity contribution in [1.82, 2.24) is 19.7 Å². The highest BCUT2D eigenvalue weighted by atomic mass is 16.5. The first-order chi connectivity index (χ1) is 16.2. The molecule has 2 aromatic carbocycles. The Bertz CT molecular complexity index is 1100. The summed E-state index contributed by atoms with van der Waals surface area (Å²) < 4.78 is 5.35. The molecule has 0 radical (unpaired) electrons. The maximum absolute atomic E-state index is 13.8. The number of nitrogens with one attached hydrogen (secondary N) is 1. The smallest absolute Gasteiger partial charge is 0.236 e. The van der Waals surface area contributed by atoms with Crippen LogP contribution < -0.4 is 0 Å². The molecule has 1 amide bonds. The third-order valence-electron chi connectivity index (χ3n) is 6.71. The average molecular weight is 447 g/mol. The first-order valence-electron chi connectivity index (χ1n) is 11.7. The van der Waals surface area contributed by atoms with Gasteiger partial charge in [0.2, 0.25) is 5.91 Å². The Hall–Kier alpha value is -3.00. The van der Waals surface area contributed by atoms with Crippen molar-refractivity contribution in [3.8, 4) is 0 Å². The van der Waals surface area contributed by atoms with Gasteiger partial charge in [-0.05, 0) is 11.6 Å². The van der Waals surface area contributed by atoms with Crippen LogP contribution in [-0.4, -0.2) is 90.4 Å². The maximum Gasteiger partial charge on any atom is 0.236 e. The van der Waals surface area contributed by atoms with Crippen LogP contribution in [0.15, 0.2) is 60.8 Å². The fraction of sp³-hybridized carbons (Fsp3) is 0.385. The molecule has 2 aliphatic rings. The molecule has 2 aliphatic heterocycles. The van der Waals surface area contributed by atoms with E-state index in [0.717, 1.165) is 48.2 Å². The number of rotatable bonds is 6. The molecule has 172 valence electrons. The average Bonchev–Trinajstić information content (AvgIpc) is 3.31. The number of piperazine rings is 1. The van der Waals surface area contributed by atoms with Gasteiger partial charge in [0, 0.05) is 61.9 Å². The van der Waals surface area contributed by atoms with Crippen LogP contribution in [-0.2, 0) is 9.53 Å². The molecule has 7 nitrogen and oxygen atoms in total. The monoisotopic (exact) mass is 446 g/mol. The molecular formula is C26H30N4O3. The summed E-state index contributed by atoms with van der Waals surface area (Å²) in [4.78, 5) is 36.1. The van der Waals surface area contributed by atoms with Crippen LogP contribution in [0.4, 0.5) is 0 Å².